The smallest absolute Gasteiger partial charge is 0.137 e. The maximum Gasteiger partial charge on any atom is 0.137 e. The molecular weight excluding hydrogens is 694 g/mol. The predicted molar refractivity (Wildman–Crippen MR) is 230 cm³/mol. The van der Waals surface area contributed by atoms with E-state index in [1.807, 2.05) is 18.2 Å². The number of benzene rings is 8. The Balaban J connectivity index is 1.12. The lowest BCUT2D eigenvalue weighted by atomic mass is 10.0. The molecule has 3 aromatic heterocycles. The first-order valence-corrected chi connectivity index (χ1v) is 18.8. The molecule has 0 bridgehead atoms. The van der Waals surface area contributed by atoms with Crippen LogP contribution in [0.3, 0.4) is 0 Å². The first-order valence-electron chi connectivity index (χ1n) is 18.5. The molecule has 0 saturated heterocycles. The van der Waals surface area contributed by atoms with E-state index in [0.29, 0.717) is 0 Å². The monoisotopic (exact) mass is 725 g/mol. The van der Waals surface area contributed by atoms with Crippen molar-refractivity contribution in [2.45, 2.75) is 0 Å². The van der Waals surface area contributed by atoms with Gasteiger partial charge in [0.2, 0.25) is 0 Å². The summed E-state index contributed by atoms with van der Waals surface area (Å²) in [6.45, 7) is 0. The molecule has 0 atom stereocenters. The highest BCUT2D eigenvalue weighted by Gasteiger charge is 2.23. The highest BCUT2D eigenvalue weighted by molar-refractivity contribution is 6.32. The minimum absolute atomic E-state index is 0.719. The SMILES string of the molecule is Clc1ccc2c(c1)c1c3ccc(-c4cccc(N(c5ccccc5)c5ccc6c(c5)oc5ccccc56)c4)cc3n(-c3ccccc3)c1n2-c1ccccc1. The molecular formula is C50H32ClN3O. The molecule has 4 nitrogen and oxygen atoms in total. The highest BCUT2D eigenvalue weighted by atomic mass is 35.5. The van der Waals surface area contributed by atoms with Crippen molar-refractivity contribution in [1.29, 1.82) is 0 Å². The molecule has 0 spiro atoms. The zero-order valence-corrected chi connectivity index (χ0v) is 30.4. The normalized spacial score (nSPS) is 11.7. The second-order valence-corrected chi connectivity index (χ2v) is 14.4. The lowest BCUT2D eigenvalue weighted by Gasteiger charge is -2.26. The van der Waals surface area contributed by atoms with E-state index in [9.17, 15) is 0 Å². The van der Waals surface area contributed by atoms with Gasteiger partial charge >= 0.3 is 0 Å². The number of hydrogen-bond acceptors (Lipinski definition) is 2. The van der Waals surface area contributed by atoms with E-state index in [4.69, 9.17) is 16.0 Å². The van der Waals surface area contributed by atoms with Gasteiger partial charge in [0.1, 0.15) is 16.8 Å². The quantitative estimate of drug-likeness (QED) is 0.171. The van der Waals surface area contributed by atoms with Gasteiger partial charge in [-0.05, 0) is 102 Å². The fraction of sp³-hybridized carbons (Fsp3) is 0. The first kappa shape index (κ1) is 31.5. The lowest BCUT2D eigenvalue weighted by molar-refractivity contribution is 0.669. The maximum atomic E-state index is 6.71. The molecule has 3 heterocycles. The summed E-state index contributed by atoms with van der Waals surface area (Å²) in [6, 6.07) is 68.4. The molecule has 8 aromatic carbocycles. The van der Waals surface area contributed by atoms with Gasteiger partial charge in [-0.1, -0.05) is 109 Å². The molecule has 0 radical (unpaired) electrons. The molecule has 55 heavy (non-hydrogen) atoms. The summed E-state index contributed by atoms with van der Waals surface area (Å²) in [6.07, 6.45) is 0. The van der Waals surface area contributed by atoms with Crippen LogP contribution in [0.4, 0.5) is 17.1 Å². The Morgan fingerprint density at radius 2 is 1.02 bits per heavy atom. The Kier molecular flexibility index (Phi) is 7.19. The van der Waals surface area contributed by atoms with Crippen LogP contribution in [0.15, 0.2) is 199 Å². The van der Waals surface area contributed by atoms with E-state index in [1.54, 1.807) is 0 Å². The summed E-state index contributed by atoms with van der Waals surface area (Å²) < 4.78 is 11.1. The van der Waals surface area contributed by atoms with E-state index in [1.165, 1.54) is 10.8 Å². The van der Waals surface area contributed by atoms with Crippen molar-refractivity contribution in [3.8, 4) is 22.5 Å². The first-order chi connectivity index (χ1) is 27.2. The van der Waals surface area contributed by atoms with Crippen molar-refractivity contribution in [2.24, 2.45) is 0 Å². The van der Waals surface area contributed by atoms with Gasteiger partial charge in [0.25, 0.3) is 0 Å². The Hall–Kier alpha value is -7.01. The van der Waals surface area contributed by atoms with Crippen molar-refractivity contribution in [2.75, 3.05) is 4.90 Å². The molecule has 11 rings (SSSR count). The number of furan rings is 1. The zero-order chi connectivity index (χ0) is 36.5. The van der Waals surface area contributed by atoms with Crippen molar-refractivity contribution < 1.29 is 4.42 Å². The minimum Gasteiger partial charge on any atom is -0.456 e. The van der Waals surface area contributed by atoms with Crippen LogP contribution >= 0.6 is 11.6 Å². The van der Waals surface area contributed by atoms with Gasteiger partial charge in [-0.2, -0.15) is 0 Å². The number of para-hydroxylation sites is 4. The van der Waals surface area contributed by atoms with Crippen LogP contribution in [0.2, 0.25) is 5.02 Å². The van der Waals surface area contributed by atoms with Crippen molar-refractivity contribution in [1.82, 2.24) is 9.13 Å². The summed E-state index contributed by atoms with van der Waals surface area (Å²) in [4.78, 5) is 2.30. The number of halogens is 1. The molecule has 0 aliphatic rings. The van der Waals surface area contributed by atoms with Crippen molar-refractivity contribution in [3.63, 3.8) is 0 Å². The summed E-state index contributed by atoms with van der Waals surface area (Å²) in [5.74, 6) is 0. The number of aromatic nitrogens is 2. The van der Waals surface area contributed by atoms with Crippen LogP contribution in [0, 0.1) is 0 Å². The van der Waals surface area contributed by atoms with Gasteiger partial charge in [0.15, 0.2) is 0 Å². The molecule has 0 saturated carbocycles. The molecule has 11 aromatic rings. The molecule has 0 N–H and O–H groups in total. The predicted octanol–water partition coefficient (Wildman–Crippen LogP) is 14.4. The zero-order valence-electron chi connectivity index (χ0n) is 29.6. The second kappa shape index (κ2) is 12.6. The second-order valence-electron chi connectivity index (χ2n) is 13.9. The van der Waals surface area contributed by atoms with Crippen molar-refractivity contribution in [3.05, 3.63) is 199 Å². The summed E-state index contributed by atoms with van der Waals surface area (Å²) in [5, 5.41) is 6.43. The van der Waals surface area contributed by atoms with Crippen LogP contribution < -0.4 is 4.90 Å². The fourth-order valence-corrected chi connectivity index (χ4v) is 8.50. The van der Waals surface area contributed by atoms with Crippen LogP contribution in [0.5, 0.6) is 0 Å². The molecule has 0 aliphatic heterocycles. The van der Waals surface area contributed by atoms with Gasteiger partial charge in [0.05, 0.1) is 11.0 Å². The Bertz CT molecular complexity index is 3210. The van der Waals surface area contributed by atoms with Crippen molar-refractivity contribution >= 4 is 83.4 Å². The van der Waals surface area contributed by atoms with E-state index in [2.05, 4.69) is 190 Å². The van der Waals surface area contributed by atoms with Gasteiger partial charge in [-0.15, -0.1) is 0 Å². The number of hydrogen-bond donors (Lipinski definition) is 0. The van der Waals surface area contributed by atoms with E-state index < -0.39 is 0 Å². The summed E-state index contributed by atoms with van der Waals surface area (Å²) in [7, 11) is 0. The standard InChI is InChI=1S/C50H32ClN3O/c51-35-24-28-45-44(31-35)49-43-26-23-34(30-46(43)54(38-18-8-3-9-19-38)50(49)53(45)37-16-6-2-7-17-37)33-13-12-20-39(29-33)52(36-14-4-1-5-15-36)40-25-27-42-41-21-10-11-22-47(41)55-48(42)32-40/h1-32H. The molecule has 0 unspecified atom stereocenters. The third-order valence-electron chi connectivity index (χ3n) is 10.7. The molecule has 5 heteroatoms. The molecule has 0 fully saturated rings. The number of anilines is 3. The van der Waals surface area contributed by atoms with Crippen LogP contribution in [-0.2, 0) is 0 Å². The van der Waals surface area contributed by atoms with Gasteiger partial charge in [-0.3, -0.25) is 9.13 Å². The van der Waals surface area contributed by atoms with Gasteiger partial charge in [-0.25, -0.2) is 0 Å². The Morgan fingerprint density at radius 1 is 0.400 bits per heavy atom. The highest BCUT2D eigenvalue weighted by Crippen LogP contribution is 2.44. The lowest BCUT2D eigenvalue weighted by Crippen LogP contribution is -2.09. The van der Waals surface area contributed by atoms with Crippen LogP contribution in [-0.4, -0.2) is 9.13 Å². The third-order valence-corrected chi connectivity index (χ3v) is 11.0. The Labute approximate surface area is 322 Å². The van der Waals surface area contributed by atoms with Gasteiger partial charge in [0, 0.05) is 66.5 Å². The number of nitrogens with zero attached hydrogens (tertiary/aromatic N) is 3. The number of rotatable bonds is 6. The molecule has 260 valence electrons. The topological polar surface area (TPSA) is 26.2 Å². The number of fused-ring (bicyclic) bond motifs is 8. The van der Waals surface area contributed by atoms with E-state index in [0.717, 1.165) is 88.6 Å². The third kappa shape index (κ3) is 5.07. The van der Waals surface area contributed by atoms with Crippen LogP contribution in [0.1, 0.15) is 0 Å². The Morgan fingerprint density at radius 3 is 1.80 bits per heavy atom. The van der Waals surface area contributed by atoms with Crippen LogP contribution in [0.25, 0.3) is 77.3 Å². The van der Waals surface area contributed by atoms with Gasteiger partial charge < -0.3 is 9.32 Å². The summed E-state index contributed by atoms with van der Waals surface area (Å²) >= 11 is 6.71. The average Bonchev–Trinajstić information content (AvgIpc) is 3.89. The largest absolute Gasteiger partial charge is 0.456 e. The van der Waals surface area contributed by atoms with E-state index >= 15 is 0 Å². The molecule has 0 aliphatic carbocycles. The fourth-order valence-electron chi connectivity index (χ4n) is 8.33. The summed E-state index contributed by atoms with van der Waals surface area (Å²) in [5.41, 5.74) is 12.7. The average molecular weight is 726 g/mol. The maximum absolute atomic E-state index is 6.71. The minimum atomic E-state index is 0.719. The van der Waals surface area contributed by atoms with E-state index in [-0.39, 0.29) is 0 Å². The molecule has 0 amide bonds.